The molecule has 0 unspecified atom stereocenters. The van der Waals surface area contributed by atoms with E-state index in [1.807, 2.05) is 37.4 Å². The van der Waals surface area contributed by atoms with Crippen molar-refractivity contribution in [2.75, 3.05) is 36.5 Å². The molecule has 9 heteroatoms. The fraction of sp³-hybridized carbons (Fsp3) is 0.250. The summed E-state index contributed by atoms with van der Waals surface area (Å²) in [5.74, 6) is 1.75. The molecule has 1 saturated heterocycles. The Kier molecular flexibility index (Phi) is 4.92. The van der Waals surface area contributed by atoms with E-state index in [-0.39, 0.29) is 0 Å². The maximum absolute atomic E-state index is 6.54. The van der Waals surface area contributed by atoms with Gasteiger partial charge in [-0.2, -0.15) is 7.99 Å². The number of nitrogens with one attached hydrogen (secondary N) is 1. The predicted molar refractivity (Wildman–Crippen MR) is 124 cm³/mol. The SMILES string of the molecule is Cc1nn(I)c2c1N=C(c1ccccc1Cl)c1cnc(N3CCOCC3)cc1N2. The summed E-state index contributed by atoms with van der Waals surface area (Å²) in [6, 6.07) is 9.81. The van der Waals surface area contributed by atoms with Crippen LogP contribution >= 0.6 is 34.5 Å². The molecule has 0 radical (unpaired) electrons. The third kappa shape index (κ3) is 3.38. The summed E-state index contributed by atoms with van der Waals surface area (Å²) in [5, 5.41) is 8.71. The number of nitrogens with zero attached hydrogens (tertiary/aromatic N) is 5. The molecule has 3 aromatic rings. The van der Waals surface area contributed by atoms with Crippen LogP contribution in [0.3, 0.4) is 0 Å². The third-order valence-corrected chi connectivity index (χ3v) is 6.10. The van der Waals surface area contributed by atoms with Gasteiger partial charge in [0.05, 0.1) is 53.2 Å². The van der Waals surface area contributed by atoms with Crippen molar-refractivity contribution in [3.05, 3.63) is 58.4 Å². The highest BCUT2D eigenvalue weighted by Gasteiger charge is 2.25. The van der Waals surface area contributed by atoms with E-state index in [4.69, 9.17) is 26.3 Å². The number of hydrogen-bond donors (Lipinski definition) is 1. The largest absolute Gasteiger partial charge is 0.378 e. The molecular formula is C20H18ClIN6O. The summed E-state index contributed by atoms with van der Waals surface area (Å²) in [4.78, 5) is 12.0. The summed E-state index contributed by atoms with van der Waals surface area (Å²) >= 11 is 8.70. The minimum atomic E-state index is 0.650. The lowest BCUT2D eigenvalue weighted by Gasteiger charge is -2.28. The first-order valence-corrected chi connectivity index (χ1v) is 10.7. The van der Waals surface area contributed by atoms with Gasteiger partial charge in [0.15, 0.2) is 5.82 Å². The molecule has 0 atom stereocenters. The van der Waals surface area contributed by atoms with E-state index >= 15 is 0 Å². The molecule has 29 heavy (non-hydrogen) atoms. The first-order valence-electron chi connectivity index (χ1n) is 9.31. The quantitative estimate of drug-likeness (QED) is 0.394. The lowest BCUT2D eigenvalue weighted by Crippen LogP contribution is -2.36. The highest BCUT2D eigenvalue weighted by atomic mass is 127. The average molecular weight is 521 g/mol. The number of morpholine rings is 1. The van der Waals surface area contributed by atoms with Crippen LogP contribution in [-0.2, 0) is 4.74 Å². The van der Waals surface area contributed by atoms with Gasteiger partial charge in [-0.25, -0.2) is 9.98 Å². The Bertz CT molecular complexity index is 1120. The second-order valence-corrected chi connectivity index (χ2v) is 8.22. The highest BCUT2D eigenvalue weighted by molar-refractivity contribution is 14.1. The van der Waals surface area contributed by atoms with Crippen molar-refractivity contribution in [1.29, 1.82) is 0 Å². The van der Waals surface area contributed by atoms with Gasteiger partial charge in [-0.3, -0.25) is 0 Å². The molecule has 148 valence electrons. The number of fused-ring (bicyclic) bond motifs is 2. The highest BCUT2D eigenvalue weighted by Crippen LogP contribution is 2.40. The van der Waals surface area contributed by atoms with Crippen LogP contribution < -0.4 is 10.2 Å². The van der Waals surface area contributed by atoms with Crippen molar-refractivity contribution in [1.82, 2.24) is 13.0 Å². The van der Waals surface area contributed by atoms with Gasteiger partial charge in [0.1, 0.15) is 11.5 Å². The van der Waals surface area contributed by atoms with Gasteiger partial charge in [-0.05, 0) is 13.0 Å². The van der Waals surface area contributed by atoms with Crippen LogP contribution in [0.1, 0.15) is 16.8 Å². The lowest BCUT2D eigenvalue weighted by atomic mass is 10.0. The molecule has 0 amide bonds. The van der Waals surface area contributed by atoms with Crippen LogP contribution in [0.4, 0.5) is 23.0 Å². The Hall–Kier alpha value is -2.17. The fourth-order valence-corrected chi connectivity index (χ4v) is 4.48. The summed E-state index contributed by atoms with van der Waals surface area (Å²) in [5.41, 5.74) is 5.13. The Balaban J connectivity index is 1.70. The second kappa shape index (κ2) is 7.58. The van der Waals surface area contributed by atoms with Crippen LogP contribution in [0.5, 0.6) is 0 Å². The number of rotatable bonds is 2. The van der Waals surface area contributed by atoms with Crippen LogP contribution in [0, 0.1) is 6.92 Å². The van der Waals surface area contributed by atoms with Crippen LogP contribution in [-0.4, -0.2) is 45.0 Å². The minimum absolute atomic E-state index is 0.650. The van der Waals surface area contributed by atoms with Gasteiger partial charge in [-0.15, -0.1) is 0 Å². The number of aliphatic imine (C=N–C) groups is 1. The summed E-state index contributed by atoms with van der Waals surface area (Å²) in [6.07, 6.45) is 1.88. The van der Waals surface area contributed by atoms with E-state index in [1.165, 1.54) is 0 Å². The monoisotopic (exact) mass is 520 g/mol. The number of anilines is 3. The van der Waals surface area contributed by atoms with Crippen molar-refractivity contribution in [3.8, 4) is 0 Å². The normalized spacial score (nSPS) is 15.8. The fourth-order valence-electron chi connectivity index (χ4n) is 3.59. The Morgan fingerprint density at radius 1 is 1.17 bits per heavy atom. The molecule has 0 spiro atoms. The standard InChI is InChI=1S/C20H18ClIN6O/c1-12-18-20(28(22)26-12)24-16-10-17(27-6-8-29-9-7-27)23-11-14(16)19(25-18)13-4-2-3-5-15(13)21/h2-5,10-11,24H,6-9H2,1H3. The van der Waals surface area contributed by atoms with E-state index in [2.05, 4.69) is 44.2 Å². The Morgan fingerprint density at radius 2 is 1.97 bits per heavy atom. The van der Waals surface area contributed by atoms with Crippen LogP contribution in [0.25, 0.3) is 0 Å². The minimum Gasteiger partial charge on any atom is -0.378 e. The van der Waals surface area contributed by atoms with E-state index < -0.39 is 0 Å². The topological polar surface area (TPSA) is 67.6 Å². The Morgan fingerprint density at radius 3 is 2.76 bits per heavy atom. The molecule has 1 N–H and O–H groups in total. The maximum Gasteiger partial charge on any atom is 0.165 e. The number of hydrogen-bond acceptors (Lipinski definition) is 6. The zero-order valence-corrected chi connectivity index (χ0v) is 18.6. The molecule has 2 aromatic heterocycles. The molecule has 1 aromatic carbocycles. The van der Waals surface area contributed by atoms with Gasteiger partial charge in [-0.1, -0.05) is 29.8 Å². The number of halogens is 2. The van der Waals surface area contributed by atoms with Crippen molar-refractivity contribution >= 4 is 63.2 Å². The molecule has 0 saturated carbocycles. The van der Waals surface area contributed by atoms with E-state index in [1.54, 1.807) is 2.90 Å². The number of benzene rings is 1. The number of ether oxygens (including phenoxy) is 1. The van der Waals surface area contributed by atoms with E-state index in [0.29, 0.717) is 18.2 Å². The van der Waals surface area contributed by atoms with Gasteiger partial charge in [0.25, 0.3) is 0 Å². The van der Waals surface area contributed by atoms with Crippen molar-refractivity contribution in [2.24, 2.45) is 4.99 Å². The molecule has 1 fully saturated rings. The molecule has 2 aliphatic rings. The second-order valence-electron chi connectivity index (χ2n) is 6.90. The summed E-state index contributed by atoms with van der Waals surface area (Å²) in [7, 11) is 0. The molecule has 0 aliphatic carbocycles. The van der Waals surface area contributed by atoms with Crippen LogP contribution in [0.15, 0.2) is 41.5 Å². The molecular weight excluding hydrogens is 503 g/mol. The number of aryl methyl sites for hydroxylation is 1. The summed E-state index contributed by atoms with van der Waals surface area (Å²) in [6.45, 7) is 5.03. The van der Waals surface area contributed by atoms with Crippen molar-refractivity contribution < 1.29 is 4.74 Å². The zero-order chi connectivity index (χ0) is 20.0. The van der Waals surface area contributed by atoms with Gasteiger partial charge in [0, 0.05) is 41.5 Å². The van der Waals surface area contributed by atoms with Gasteiger partial charge in [0.2, 0.25) is 0 Å². The number of aromatic nitrogens is 3. The maximum atomic E-state index is 6.54. The molecule has 5 rings (SSSR count). The smallest absolute Gasteiger partial charge is 0.165 e. The molecule has 2 aliphatic heterocycles. The molecule has 0 bridgehead atoms. The first kappa shape index (κ1) is 18.8. The van der Waals surface area contributed by atoms with Crippen LogP contribution in [0.2, 0.25) is 5.02 Å². The molecule has 7 nitrogen and oxygen atoms in total. The molecule has 4 heterocycles. The van der Waals surface area contributed by atoms with Crippen molar-refractivity contribution in [2.45, 2.75) is 6.92 Å². The van der Waals surface area contributed by atoms with E-state index in [0.717, 1.165) is 58.6 Å². The number of pyridine rings is 1. The summed E-state index contributed by atoms with van der Waals surface area (Å²) < 4.78 is 7.27. The lowest BCUT2D eigenvalue weighted by molar-refractivity contribution is 0.122. The first-order chi connectivity index (χ1) is 14.1. The third-order valence-electron chi connectivity index (χ3n) is 5.07. The van der Waals surface area contributed by atoms with Gasteiger partial charge < -0.3 is 15.0 Å². The Labute approximate surface area is 187 Å². The average Bonchev–Trinajstić information content (AvgIpc) is 2.90. The van der Waals surface area contributed by atoms with E-state index in [9.17, 15) is 0 Å². The zero-order valence-electron chi connectivity index (χ0n) is 15.7. The predicted octanol–water partition coefficient (Wildman–Crippen LogP) is 4.50. The van der Waals surface area contributed by atoms with Gasteiger partial charge >= 0.3 is 0 Å². The van der Waals surface area contributed by atoms with Crippen molar-refractivity contribution in [3.63, 3.8) is 0 Å².